The fourth-order valence-corrected chi connectivity index (χ4v) is 4.40. The van der Waals surface area contributed by atoms with Crippen LogP contribution in [0.4, 0.5) is 13.2 Å². The number of carbonyl (C=O) groups excluding carboxylic acids is 2. The Morgan fingerprint density at radius 1 is 1.18 bits per heavy atom. The van der Waals surface area contributed by atoms with Crippen LogP contribution in [0.15, 0.2) is 36.5 Å². The van der Waals surface area contributed by atoms with E-state index in [1.165, 1.54) is 25.4 Å². The van der Waals surface area contributed by atoms with Gasteiger partial charge in [-0.3, -0.25) is 19.5 Å². The fraction of sp³-hybridized carbons (Fsp3) is 0.458. The molecule has 0 atom stereocenters. The number of ether oxygens (including phenoxy) is 2. The number of methoxy groups -OCH3 is 1. The first-order valence-corrected chi connectivity index (χ1v) is 11.0. The average Bonchev–Trinajstić information content (AvgIpc) is 3.23. The third kappa shape index (κ3) is 5.23. The van der Waals surface area contributed by atoms with Gasteiger partial charge in [-0.1, -0.05) is 12.1 Å². The topological polar surface area (TPSA) is 80.8 Å². The molecule has 7 nitrogen and oxygen atoms in total. The molecule has 1 fully saturated rings. The Balaban J connectivity index is 1.37. The molecule has 2 aromatic rings. The van der Waals surface area contributed by atoms with Gasteiger partial charge in [0.1, 0.15) is 0 Å². The van der Waals surface area contributed by atoms with Crippen LogP contribution in [0.5, 0.6) is 0 Å². The Hall–Kier alpha value is -2.98. The van der Waals surface area contributed by atoms with Crippen LogP contribution in [0.3, 0.4) is 0 Å². The molecule has 3 heterocycles. The van der Waals surface area contributed by atoms with E-state index in [0.717, 1.165) is 29.0 Å². The zero-order chi connectivity index (χ0) is 24.3. The second kappa shape index (κ2) is 9.71. The number of pyridine rings is 1. The van der Waals surface area contributed by atoms with Gasteiger partial charge in [0.15, 0.2) is 0 Å². The molecular formula is C24H26F3N3O4. The second-order valence-corrected chi connectivity index (χ2v) is 8.74. The van der Waals surface area contributed by atoms with Crippen molar-refractivity contribution in [2.24, 2.45) is 5.41 Å². The summed E-state index contributed by atoms with van der Waals surface area (Å²) in [5.74, 6) is -0.687. The van der Waals surface area contributed by atoms with Crippen LogP contribution in [-0.4, -0.2) is 48.6 Å². The Morgan fingerprint density at radius 3 is 2.53 bits per heavy atom. The van der Waals surface area contributed by atoms with Crippen LogP contribution in [0.25, 0.3) is 0 Å². The van der Waals surface area contributed by atoms with Crippen molar-refractivity contribution >= 4 is 11.9 Å². The number of nitrogens with zero attached hydrogens (tertiary/aromatic N) is 2. The first kappa shape index (κ1) is 24.2. The number of amides is 1. The maximum atomic E-state index is 12.8. The molecule has 34 heavy (non-hydrogen) atoms. The summed E-state index contributed by atoms with van der Waals surface area (Å²) in [7, 11) is 1.34. The van der Waals surface area contributed by atoms with Gasteiger partial charge in [-0.05, 0) is 42.2 Å². The zero-order valence-electron chi connectivity index (χ0n) is 18.8. The molecule has 10 heteroatoms. The number of rotatable bonds is 6. The molecule has 1 amide bonds. The summed E-state index contributed by atoms with van der Waals surface area (Å²) in [6.45, 7) is 2.57. The normalized spacial score (nSPS) is 17.8. The summed E-state index contributed by atoms with van der Waals surface area (Å²) < 4.78 is 48.6. The van der Waals surface area contributed by atoms with Gasteiger partial charge in [0.25, 0.3) is 5.91 Å². The van der Waals surface area contributed by atoms with Gasteiger partial charge in [-0.2, -0.15) is 13.2 Å². The van der Waals surface area contributed by atoms with Gasteiger partial charge in [0.05, 0.1) is 29.3 Å². The van der Waals surface area contributed by atoms with E-state index in [9.17, 15) is 22.8 Å². The lowest BCUT2D eigenvalue weighted by Gasteiger charge is -2.34. The summed E-state index contributed by atoms with van der Waals surface area (Å²) in [5, 5.41) is 2.84. The van der Waals surface area contributed by atoms with Crippen molar-refractivity contribution in [3.05, 3.63) is 64.5 Å². The van der Waals surface area contributed by atoms with E-state index in [1.54, 1.807) is 6.07 Å². The highest BCUT2D eigenvalue weighted by atomic mass is 19.4. The Bertz CT molecular complexity index is 1050. The van der Waals surface area contributed by atoms with E-state index in [4.69, 9.17) is 9.47 Å². The molecule has 1 aromatic carbocycles. The number of nitrogens with one attached hydrogen (secondary N) is 1. The highest BCUT2D eigenvalue weighted by molar-refractivity contribution is 5.94. The molecule has 1 N–H and O–H groups in total. The predicted octanol–water partition coefficient (Wildman–Crippen LogP) is 3.32. The van der Waals surface area contributed by atoms with Crippen molar-refractivity contribution < 1.29 is 32.2 Å². The van der Waals surface area contributed by atoms with E-state index in [-0.39, 0.29) is 18.4 Å². The van der Waals surface area contributed by atoms with Gasteiger partial charge in [-0.25, -0.2) is 0 Å². The standard InChI is InChI=1S/C24H26F3N3O4/c1-33-22(32)23(6-8-34-9-7-23)15-29-21(31)17-10-18-13-30(14-20(18)28-11-17)12-16-2-4-19(5-3-16)24(25,26)27/h2-5,10-11H,6-9,12-15H2,1H3,(H,29,31). The van der Waals surface area contributed by atoms with Crippen molar-refractivity contribution in [3.8, 4) is 0 Å². The van der Waals surface area contributed by atoms with E-state index in [0.29, 0.717) is 51.3 Å². The number of hydrogen-bond acceptors (Lipinski definition) is 6. The maximum Gasteiger partial charge on any atom is 0.416 e. The summed E-state index contributed by atoms with van der Waals surface area (Å²) in [4.78, 5) is 31.6. The van der Waals surface area contributed by atoms with Crippen LogP contribution >= 0.6 is 0 Å². The van der Waals surface area contributed by atoms with Crippen LogP contribution < -0.4 is 5.32 Å². The van der Waals surface area contributed by atoms with Gasteiger partial charge in [0.2, 0.25) is 0 Å². The van der Waals surface area contributed by atoms with Crippen molar-refractivity contribution in [2.75, 3.05) is 26.9 Å². The Morgan fingerprint density at radius 2 is 1.88 bits per heavy atom. The molecule has 1 aromatic heterocycles. The van der Waals surface area contributed by atoms with E-state index in [1.807, 2.05) is 0 Å². The van der Waals surface area contributed by atoms with Gasteiger partial charge in [0, 0.05) is 45.6 Å². The smallest absolute Gasteiger partial charge is 0.416 e. The first-order valence-electron chi connectivity index (χ1n) is 11.0. The minimum Gasteiger partial charge on any atom is -0.469 e. The van der Waals surface area contributed by atoms with Crippen LogP contribution in [-0.2, 0) is 40.1 Å². The average molecular weight is 477 g/mol. The van der Waals surface area contributed by atoms with Crippen molar-refractivity contribution in [1.82, 2.24) is 15.2 Å². The minimum absolute atomic E-state index is 0.152. The first-order chi connectivity index (χ1) is 16.2. The molecule has 182 valence electrons. The number of hydrogen-bond donors (Lipinski definition) is 1. The number of benzene rings is 1. The van der Waals surface area contributed by atoms with Crippen LogP contribution in [0.1, 0.15) is 45.6 Å². The molecular weight excluding hydrogens is 451 g/mol. The second-order valence-electron chi connectivity index (χ2n) is 8.74. The SMILES string of the molecule is COC(=O)C1(CNC(=O)c2cnc3c(c2)CN(Cc2ccc(C(F)(F)F)cc2)C3)CCOCC1. The largest absolute Gasteiger partial charge is 0.469 e. The minimum atomic E-state index is -4.36. The number of fused-ring (bicyclic) bond motifs is 1. The number of esters is 1. The van der Waals surface area contributed by atoms with E-state index >= 15 is 0 Å². The van der Waals surface area contributed by atoms with Gasteiger partial charge in [-0.15, -0.1) is 0 Å². The molecule has 2 aliphatic heterocycles. The molecule has 0 saturated carbocycles. The van der Waals surface area contributed by atoms with Gasteiger partial charge < -0.3 is 14.8 Å². The molecule has 4 rings (SSSR count). The van der Waals surface area contributed by atoms with E-state index < -0.39 is 17.2 Å². The number of halogens is 3. The van der Waals surface area contributed by atoms with Gasteiger partial charge >= 0.3 is 12.1 Å². The van der Waals surface area contributed by atoms with Crippen molar-refractivity contribution in [2.45, 2.75) is 38.7 Å². The predicted molar refractivity (Wildman–Crippen MR) is 115 cm³/mol. The lowest BCUT2D eigenvalue weighted by Crippen LogP contribution is -2.47. The quantitative estimate of drug-likeness (QED) is 0.643. The summed E-state index contributed by atoms with van der Waals surface area (Å²) in [6.07, 6.45) is -1.91. The third-order valence-corrected chi connectivity index (χ3v) is 6.43. The molecule has 0 radical (unpaired) electrons. The monoisotopic (exact) mass is 477 g/mol. The zero-order valence-corrected chi connectivity index (χ0v) is 18.8. The fourth-order valence-electron chi connectivity index (χ4n) is 4.40. The summed E-state index contributed by atoms with van der Waals surface area (Å²) >= 11 is 0. The van der Waals surface area contributed by atoms with Crippen LogP contribution in [0.2, 0.25) is 0 Å². The number of aromatic nitrogens is 1. The summed E-state index contributed by atoms with van der Waals surface area (Å²) in [6, 6.07) is 6.90. The number of alkyl halides is 3. The molecule has 0 unspecified atom stereocenters. The number of carbonyl (C=O) groups is 2. The summed E-state index contributed by atoms with van der Waals surface area (Å²) in [5.41, 5.74) is 1.41. The molecule has 1 saturated heterocycles. The molecule has 2 aliphatic rings. The molecule has 0 bridgehead atoms. The third-order valence-electron chi connectivity index (χ3n) is 6.43. The lowest BCUT2D eigenvalue weighted by atomic mass is 9.80. The highest BCUT2D eigenvalue weighted by Crippen LogP contribution is 2.32. The highest BCUT2D eigenvalue weighted by Gasteiger charge is 2.41. The Kier molecular flexibility index (Phi) is 6.90. The maximum absolute atomic E-state index is 12.8. The van der Waals surface area contributed by atoms with Crippen molar-refractivity contribution in [3.63, 3.8) is 0 Å². The van der Waals surface area contributed by atoms with Crippen LogP contribution in [0, 0.1) is 5.41 Å². The lowest BCUT2D eigenvalue weighted by molar-refractivity contribution is -0.158. The Labute approximate surface area is 195 Å². The molecule has 0 aliphatic carbocycles. The molecule has 0 spiro atoms. The van der Waals surface area contributed by atoms with Crippen molar-refractivity contribution in [1.29, 1.82) is 0 Å². The van der Waals surface area contributed by atoms with E-state index in [2.05, 4.69) is 15.2 Å².